The van der Waals surface area contributed by atoms with Crippen molar-refractivity contribution in [1.29, 1.82) is 0 Å². The van der Waals surface area contributed by atoms with Crippen molar-refractivity contribution in [2.24, 2.45) is 0 Å². The van der Waals surface area contributed by atoms with Crippen LogP contribution in [0.4, 0.5) is 49.9 Å². The fraction of sp³-hybridized carbons (Fsp3) is 0.0488. The van der Waals surface area contributed by atoms with E-state index in [1.807, 2.05) is 6.07 Å². The normalized spacial score (nSPS) is 10.7. The molecule has 3 aromatic heterocycles. The van der Waals surface area contributed by atoms with Crippen LogP contribution in [0.3, 0.4) is 0 Å². The van der Waals surface area contributed by atoms with Crippen LogP contribution in [0.1, 0.15) is 16.1 Å². The number of carbonyl (C=O) groups excluding carboxylic acids is 3. The lowest BCUT2D eigenvalue weighted by atomic mass is 10.2. The number of ether oxygens (including phenoxy) is 2. The Kier molecular flexibility index (Phi) is 12.9. The van der Waals surface area contributed by atoms with Crippen LogP contribution < -0.4 is 36.1 Å². The summed E-state index contributed by atoms with van der Waals surface area (Å²) in [5.41, 5.74) is 1.31. The van der Waals surface area contributed by atoms with Gasteiger partial charge in [-0.15, -0.1) is 0 Å². The van der Waals surface area contributed by atoms with E-state index >= 15 is 0 Å². The minimum absolute atomic E-state index is 0.0659. The predicted molar refractivity (Wildman–Crippen MR) is 215 cm³/mol. The first-order chi connectivity index (χ1) is 28.3. The van der Waals surface area contributed by atoms with Crippen LogP contribution in [-0.4, -0.2) is 40.0 Å². The smallest absolute Gasteiger partial charge is 0.417 e. The number of anilines is 4. The molecule has 0 fully saturated rings. The van der Waals surface area contributed by atoms with Crippen LogP contribution >= 0.6 is 11.6 Å². The van der Waals surface area contributed by atoms with Gasteiger partial charge in [0, 0.05) is 54.5 Å². The number of alkyl halides is 3. The van der Waals surface area contributed by atoms with E-state index in [4.69, 9.17) is 21.1 Å². The van der Waals surface area contributed by atoms with Crippen molar-refractivity contribution >= 4 is 63.4 Å². The van der Waals surface area contributed by atoms with Crippen LogP contribution in [-0.2, 0) is 6.18 Å². The molecular formula is C41H31ClF4N8O5. The molecule has 4 aromatic carbocycles. The fourth-order valence-corrected chi connectivity index (χ4v) is 5.39. The van der Waals surface area contributed by atoms with Gasteiger partial charge in [0.05, 0.1) is 16.0 Å². The van der Waals surface area contributed by atoms with Crippen molar-refractivity contribution in [3.63, 3.8) is 0 Å². The summed E-state index contributed by atoms with van der Waals surface area (Å²) in [6.45, 7) is 0. The molecule has 0 aliphatic carbocycles. The van der Waals surface area contributed by atoms with Crippen molar-refractivity contribution in [3.8, 4) is 23.0 Å². The van der Waals surface area contributed by atoms with Gasteiger partial charge in [0.15, 0.2) is 0 Å². The highest BCUT2D eigenvalue weighted by Gasteiger charge is 2.33. The van der Waals surface area contributed by atoms with E-state index in [-0.39, 0.29) is 23.1 Å². The van der Waals surface area contributed by atoms with E-state index in [0.717, 1.165) is 23.2 Å². The monoisotopic (exact) mass is 826 g/mol. The minimum Gasteiger partial charge on any atom is -0.457 e. The number of carbonyl (C=O) groups is 3. The Morgan fingerprint density at radius 1 is 0.644 bits per heavy atom. The summed E-state index contributed by atoms with van der Waals surface area (Å²) < 4.78 is 63.3. The molecule has 0 bridgehead atoms. The number of benzene rings is 4. The molecule has 0 saturated heterocycles. The van der Waals surface area contributed by atoms with Gasteiger partial charge in [0.1, 0.15) is 40.2 Å². The molecule has 0 unspecified atom stereocenters. The van der Waals surface area contributed by atoms with Crippen LogP contribution in [0.25, 0.3) is 11.0 Å². The third kappa shape index (κ3) is 11.5. The number of nitrogens with one attached hydrogen (secondary N) is 6. The van der Waals surface area contributed by atoms with Crippen LogP contribution in [0.15, 0.2) is 134 Å². The van der Waals surface area contributed by atoms with E-state index in [1.165, 1.54) is 49.6 Å². The Balaban J connectivity index is 0.000000201. The number of halogens is 5. The molecular weight excluding hydrogens is 796 g/mol. The second-order valence-corrected chi connectivity index (χ2v) is 12.5. The third-order valence-corrected chi connectivity index (χ3v) is 8.26. The van der Waals surface area contributed by atoms with Crippen LogP contribution in [0, 0.1) is 5.82 Å². The standard InChI is InChI=1S/C21H16ClF3N4O3.C20H15FN4O2/c1-26-19(30)18-11-15(8-9-27-18)32-14-5-2-12(3-6-14)28-20(31)29-13-4-7-17(22)16(10-13)21(23,24)25;21-13-1-3-14(4-2-13)24-20(26)25-15-5-7-16(8-6-15)27-18-10-12-23-19-17(18)9-11-22-19/h2-11H,1H3,(H,26,30)(H2,28,29,31);1-12H,(H,22,23)(H2,24,25,26). The number of amides is 5. The lowest BCUT2D eigenvalue weighted by molar-refractivity contribution is -0.137. The zero-order valence-corrected chi connectivity index (χ0v) is 31.3. The maximum atomic E-state index is 12.9. The number of H-pyrrole nitrogens is 1. The molecule has 5 amide bonds. The van der Waals surface area contributed by atoms with Gasteiger partial charge in [-0.25, -0.2) is 19.0 Å². The molecule has 300 valence electrons. The molecule has 6 N–H and O–H groups in total. The number of rotatable bonds is 9. The number of hydrogen-bond acceptors (Lipinski definition) is 7. The van der Waals surface area contributed by atoms with E-state index in [1.54, 1.807) is 73.1 Å². The maximum absolute atomic E-state index is 12.9. The van der Waals surface area contributed by atoms with Crippen molar-refractivity contribution in [2.75, 3.05) is 28.3 Å². The molecule has 0 radical (unpaired) electrons. The highest BCUT2D eigenvalue weighted by molar-refractivity contribution is 6.31. The van der Waals surface area contributed by atoms with Gasteiger partial charge in [-0.2, -0.15) is 13.2 Å². The van der Waals surface area contributed by atoms with Gasteiger partial charge in [-0.1, -0.05) is 11.6 Å². The van der Waals surface area contributed by atoms with Gasteiger partial charge in [-0.3, -0.25) is 9.78 Å². The summed E-state index contributed by atoms with van der Waals surface area (Å²) in [7, 11) is 1.49. The van der Waals surface area contributed by atoms with Crippen LogP contribution in [0.5, 0.6) is 23.0 Å². The maximum Gasteiger partial charge on any atom is 0.417 e. The Hall–Kier alpha value is -7.66. The number of pyridine rings is 2. The molecule has 0 aliphatic heterocycles. The average Bonchev–Trinajstić information content (AvgIpc) is 3.71. The van der Waals surface area contributed by atoms with Crippen LogP contribution in [0.2, 0.25) is 5.02 Å². The lowest BCUT2D eigenvalue weighted by Crippen LogP contribution is -2.19. The van der Waals surface area contributed by atoms with Gasteiger partial charge in [-0.05, 0) is 109 Å². The van der Waals surface area contributed by atoms with Gasteiger partial charge in [0.25, 0.3) is 5.91 Å². The lowest BCUT2D eigenvalue weighted by Gasteiger charge is -2.12. The van der Waals surface area contributed by atoms with Gasteiger partial charge in [0.2, 0.25) is 0 Å². The first-order valence-corrected chi connectivity index (χ1v) is 17.6. The summed E-state index contributed by atoms with van der Waals surface area (Å²) in [5, 5.41) is 13.1. The predicted octanol–water partition coefficient (Wildman–Crippen LogP) is 10.7. The summed E-state index contributed by atoms with van der Waals surface area (Å²) in [6.07, 6.45) is 0.263. The molecule has 0 aliphatic rings. The Bertz CT molecular complexity index is 2570. The van der Waals surface area contributed by atoms with Gasteiger partial charge < -0.3 is 41.0 Å². The largest absolute Gasteiger partial charge is 0.457 e. The number of hydrogen-bond donors (Lipinski definition) is 6. The second kappa shape index (κ2) is 18.5. The first-order valence-electron chi connectivity index (χ1n) is 17.3. The van der Waals surface area contributed by atoms with Crippen molar-refractivity contribution in [2.45, 2.75) is 6.18 Å². The molecule has 18 heteroatoms. The highest BCUT2D eigenvalue weighted by atomic mass is 35.5. The number of nitrogens with zero attached hydrogens (tertiary/aromatic N) is 2. The molecule has 0 atom stereocenters. The van der Waals surface area contributed by atoms with E-state index in [0.29, 0.717) is 40.1 Å². The second-order valence-electron chi connectivity index (χ2n) is 12.1. The number of urea groups is 2. The fourth-order valence-electron chi connectivity index (χ4n) is 5.17. The topological polar surface area (TPSA) is 171 Å². The molecule has 7 aromatic rings. The molecule has 7 rings (SSSR count). The summed E-state index contributed by atoms with van der Waals surface area (Å²) >= 11 is 5.57. The van der Waals surface area contributed by atoms with Crippen molar-refractivity contribution in [3.05, 3.63) is 156 Å². The Labute approximate surface area is 337 Å². The SMILES string of the molecule is CNC(=O)c1cc(Oc2ccc(NC(=O)Nc3ccc(Cl)c(C(F)(F)F)c3)cc2)ccn1.O=C(Nc1ccc(F)cc1)Nc1ccc(Oc2ccnc3[nH]ccc23)cc1. The van der Waals surface area contributed by atoms with E-state index < -0.39 is 28.8 Å². The summed E-state index contributed by atoms with van der Waals surface area (Å²) in [4.78, 5) is 47.0. The average molecular weight is 827 g/mol. The van der Waals surface area contributed by atoms with Crippen molar-refractivity contribution < 1.29 is 41.4 Å². The van der Waals surface area contributed by atoms with E-state index in [9.17, 15) is 31.9 Å². The molecule has 0 spiro atoms. The number of aromatic amines is 1. The van der Waals surface area contributed by atoms with E-state index in [2.05, 4.69) is 41.5 Å². The molecule has 13 nitrogen and oxygen atoms in total. The van der Waals surface area contributed by atoms with Crippen molar-refractivity contribution in [1.82, 2.24) is 20.3 Å². The zero-order valence-electron chi connectivity index (χ0n) is 30.5. The third-order valence-electron chi connectivity index (χ3n) is 7.93. The molecule has 3 heterocycles. The van der Waals surface area contributed by atoms with Gasteiger partial charge >= 0.3 is 18.2 Å². The summed E-state index contributed by atoms with van der Waals surface area (Å²) in [5.74, 6) is 1.42. The summed E-state index contributed by atoms with van der Waals surface area (Å²) in [6, 6.07) is 27.4. The Morgan fingerprint density at radius 2 is 1.19 bits per heavy atom. The quantitative estimate of drug-likeness (QED) is 0.0786. The number of aromatic nitrogens is 3. The molecule has 59 heavy (non-hydrogen) atoms. The number of fused-ring (bicyclic) bond motifs is 1. The highest BCUT2D eigenvalue weighted by Crippen LogP contribution is 2.36. The molecule has 0 saturated carbocycles. The Morgan fingerprint density at radius 3 is 1.78 bits per heavy atom. The first kappa shape index (κ1) is 41.0. The minimum atomic E-state index is -4.64. The zero-order chi connectivity index (χ0) is 41.9.